The number of hydrogen-bond donors (Lipinski definition) is 0. The molecular formula is C49H36N2Si. The SMILES string of the molecule is [2H]c1c([2H])c([2H])c([Si](c2c([2H])c([2H])c([2H])c([2H])c2[2H])(c2c([2H])c([2H])c(C)c([2H])c2[2H])c2c([2H])c([2H])c([2H])c(-n3c4c([2H])c([2H])c([2H])c([2H])c4c4c([2H])c(-n5c6c([2H])c([2H])c([2H])c([2H])c6c6c([2H])c([2H])c([2H])c([2H])c65)c([2H])c([2H])c43)c2[2H])c([2H])c1[2H]. The van der Waals surface area contributed by atoms with Crippen LogP contribution in [0.15, 0.2) is 199 Å². The molecule has 10 aromatic rings. The van der Waals surface area contributed by atoms with Crippen molar-refractivity contribution in [2.45, 2.75) is 6.92 Å². The smallest absolute Gasteiger partial charge is 0.179 e. The van der Waals surface area contributed by atoms with Gasteiger partial charge in [0.05, 0.1) is 67.3 Å². The highest BCUT2D eigenvalue weighted by Crippen LogP contribution is 2.36. The molecule has 3 heteroatoms. The fourth-order valence-corrected chi connectivity index (χ4v) is 9.86. The summed E-state index contributed by atoms with van der Waals surface area (Å²) in [4.78, 5) is 0. The molecule has 0 saturated heterocycles. The van der Waals surface area contributed by atoms with Gasteiger partial charge in [0.25, 0.3) is 0 Å². The Labute approximate surface area is 350 Å². The van der Waals surface area contributed by atoms with Crippen molar-refractivity contribution in [1.82, 2.24) is 9.13 Å². The highest BCUT2D eigenvalue weighted by Gasteiger charge is 2.41. The Bertz CT molecular complexity index is 4500. The summed E-state index contributed by atoms with van der Waals surface area (Å²) >= 11 is 0. The fraction of sp³-hybridized carbons (Fsp3) is 0.0204. The van der Waals surface area contributed by atoms with Gasteiger partial charge in [-0.3, -0.25) is 0 Å². The van der Waals surface area contributed by atoms with Gasteiger partial charge in [-0.15, -0.1) is 0 Å². The van der Waals surface area contributed by atoms with E-state index in [1.807, 2.05) is 0 Å². The Balaban J connectivity index is 1.56. The van der Waals surface area contributed by atoms with Crippen LogP contribution in [0.25, 0.3) is 55.0 Å². The van der Waals surface area contributed by atoms with E-state index in [1.165, 1.54) is 0 Å². The first kappa shape index (κ1) is 11.8. The normalized spacial score (nSPS) is 20.8. The predicted molar refractivity (Wildman–Crippen MR) is 223 cm³/mol. The summed E-state index contributed by atoms with van der Waals surface area (Å²) in [5.74, 6) is 0. The zero-order valence-corrected chi connectivity index (χ0v) is 27.4. The average molecular weight is 714 g/mol. The number of hydrogen-bond acceptors (Lipinski definition) is 0. The van der Waals surface area contributed by atoms with E-state index >= 15 is 0 Å². The third kappa shape index (κ3) is 4.56. The van der Waals surface area contributed by atoms with E-state index in [-0.39, 0.29) is 5.56 Å². The average Bonchev–Trinajstić information content (AvgIpc) is 1.86. The summed E-state index contributed by atoms with van der Waals surface area (Å²) in [6, 6.07) is -36.6. The molecule has 0 radical (unpaired) electrons. The van der Waals surface area contributed by atoms with Crippen LogP contribution in [0, 0.1) is 6.92 Å². The van der Waals surface area contributed by atoms with E-state index in [4.69, 9.17) is 24.7 Å². The molecular weight excluding hydrogens is 645 g/mol. The van der Waals surface area contributed by atoms with Gasteiger partial charge in [-0.2, -0.15) is 0 Å². The maximum Gasteiger partial charge on any atom is 0.179 e. The quantitative estimate of drug-likeness (QED) is 0.120. The maximum atomic E-state index is 10.5. The highest BCUT2D eigenvalue weighted by atomic mass is 28.3. The van der Waals surface area contributed by atoms with Crippen LogP contribution in [-0.4, -0.2) is 17.2 Å². The van der Waals surface area contributed by atoms with Crippen LogP contribution in [0.4, 0.5) is 0 Å². The number of benzene rings is 8. The van der Waals surface area contributed by atoms with Crippen LogP contribution in [-0.2, 0) is 0 Å². The standard InChI is InChI=1S/C49H36N2Si/c1-35-27-30-40(31-28-35)52(38-16-4-2-5-17-38,39-18-6-3-7-19-39)41-20-14-15-36(33-41)50-48-26-13-10-23-44(48)45-34-37(29-32-49(45)50)51-46-24-11-8-21-42(46)43-22-9-12-25-47(43)51/h2-34H,1H3/i2D,3D,4D,5D,6D,7D,8D,9D,10D,11D,12D,13D,14D,15D,16D,17D,18D,19D,20D,21D,22D,23D,24D,25D,26D,27D,28D,29D,30D,31D,32D,33D,34D. The molecule has 246 valence electrons. The Hall–Kier alpha value is -6.42. The van der Waals surface area contributed by atoms with Crippen molar-refractivity contribution in [2.24, 2.45) is 0 Å². The summed E-state index contributed by atoms with van der Waals surface area (Å²) in [7, 11) is -6.46. The van der Waals surface area contributed by atoms with E-state index in [2.05, 4.69) is 0 Å². The molecule has 10 rings (SSSR count). The largest absolute Gasteiger partial charge is 0.309 e. The van der Waals surface area contributed by atoms with Crippen molar-refractivity contribution < 1.29 is 45.2 Å². The van der Waals surface area contributed by atoms with Crippen molar-refractivity contribution in [3.05, 3.63) is 205 Å². The molecule has 8 aromatic carbocycles. The molecule has 2 nitrogen and oxygen atoms in total. The van der Waals surface area contributed by atoms with E-state index < -0.39 is 283 Å². The number of nitrogens with zero attached hydrogens (tertiary/aromatic N) is 2. The fourth-order valence-electron chi connectivity index (χ4n) is 6.31. The monoisotopic (exact) mass is 713 g/mol. The molecule has 0 atom stereocenters. The zero-order valence-electron chi connectivity index (χ0n) is 59.4. The first-order chi connectivity index (χ1) is 39.5. The Kier molecular flexibility index (Phi) is 2.75. The minimum Gasteiger partial charge on any atom is -0.309 e. The third-order valence-electron chi connectivity index (χ3n) is 8.49. The second-order valence-electron chi connectivity index (χ2n) is 11.3. The topological polar surface area (TPSA) is 9.86 Å². The lowest BCUT2D eigenvalue weighted by Gasteiger charge is -2.34. The van der Waals surface area contributed by atoms with E-state index in [9.17, 15) is 20.6 Å². The molecule has 0 saturated carbocycles. The summed E-state index contributed by atoms with van der Waals surface area (Å²) < 4.78 is 306. The summed E-state index contributed by atoms with van der Waals surface area (Å²) in [5.41, 5.74) is -5.55. The van der Waals surface area contributed by atoms with Gasteiger partial charge >= 0.3 is 0 Å². The molecule has 52 heavy (non-hydrogen) atoms. The van der Waals surface area contributed by atoms with Crippen molar-refractivity contribution in [1.29, 1.82) is 0 Å². The van der Waals surface area contributed by atoms with Crippen molar-refractivity contribution >= 4 is 72.4 Å². The molecule has 0 amide bonds. The van der Waals surface area contributed by atoms with Crippen LogP contribution < -0.4 is 20.7 Å². The van der Waals surface area contributed by atoms with Gasteiger partial charge in [0.1, 0.15) is 0 Å². The molecule has 2 heterocycles. The lowest BCUT2D eigenvalue weighted by Crippen LogP contribution is -2.74. The molecule has 0 aliphatic carbocycles. The number of aromatic nitrogens is 2. The third-order valence-corrected chi connectivity index (χ3v) is 12.5. The van der Waals surface area contributed by atoms with E-state index in [1.54, 1.807) is 0 Å². The second kappa shape index (κ2) is 12.1. The summed E-state index contributed by atoms with van der Waals surface area (Å²) in [6.45, 7) is 1.14. The maximum absolute atomic E-state index is 10.5. The van der Waals surface area contributed by atoms with Crippen molar-refractivity contribution in [2.75, 3.05) is 0 Å². The van der Waals surface area contributed by atoms with E-state index in [0.717, 1.165) is 6.92 Å². The predicted octanol–water partition coefficient (Wildman–Crippen LogP) is 9.57. The Morgan fingerprint density at radius 2 is 0.769 bits per heavy atom. The molecule has 0 aliphatic rings. The number of para-hydroxylation sites is 3. The molecule has 2 aromatic heterocycles. The van der Waals surface area contributed by atoms with Crippen LogP contribution >= 0.6 is 0 Å². The molecule has 0 N–H and O–H groups in total. The molecule has 0 aliphatic heterocycles. The van der Waals surface area contributed by atoms with Gasteiger partial charge in [-0.1, -0.05) is 157 Å². The molecule has 0 fully saturated rings. The Morgan fingerprint density at radius 1 is 0.346 bits per heavy atom. The van der Waals surface area contributed by atoms with Crippen LogP contribution in [0.2, 0.25) is 0 Å². The first-order valence-corrected chi connectivity index (χ1v) is 17.3. The van der Waals surface area contributed by atoms with Gasteiger partial charge in [-0.25, -0.2) is 0 Å². The minimum absolute atomic E-state index is 0.384. The second-order valence-corrected chi connectivity index (χ2v) is 14.8. The summed E-state index contributed by atoms with van der Waals surface area (Å²) in [6.07, 6.45) is 0. The van der Waals surface area contributed by atoms with Crippen LogP contribution in [0.5, 0.6) is 0 Å². The molecule has 0 spiro atoms. The molecule has 0 bridgehead atoms. The number of fused-ring (bicyclic) bond motifs is 6. The minimum atomic E-state index is -6.46. The van der Waals surface area contributed by atoms with Crippen molar-refractivity contribution in [3.63, 3.8) is 0 Å². The summed E-state index contributed by atoms with van der Waals surface area (Å²) in [5, 5.41) is -7.31. The van der Waals surface area contributed by atoms with Crippen LogP contribution in [0.1, 0.15) is 50.8 Å². The Morgan fingerprint density at radius 3 is 1.33 bits per heavy atom. The number of rotatable bonds is 6. The highest BCUT2D eigenvalue weighted by molar-refractivity contribution is 7.19. The first-order valence-electron chi connectivity index (χ1n) is 31.8. The van der Waals surface area contributed by atoms with Crippen molar-refractivity contribution in [3.8, 4) is 11.4 Å². The molecule has 0 unspecified atom stereocenters. The van der Waals surface area contributed by atoms with E-state index in [0.29, 0.717) is 9.13 Å². The van der Waals surface area contributed by atoms with Crippen LogP contribution in [0.3, 0.4) is 0 Å². The van der Waals surface area contributed by atoms with Gasteiger partial charge in [0.2, 0.25) is 0 Å². The van der Waals surface area contributed by atoms with Gasteiger partial charge in [0, 0.05) is 32.9 Å². The lowest BCUT2D eigenvalue weighted by molar-refractivity contribution is 1.17. The lowest BCUT2D eigenvalue weighted by atomic mass is 10.1. The van der Waals surface area contributed by atoms with Gasteiger partial charge in [-0.05, 0) is 76.0 Å². The van der Waals surface area contributed by atoms with Gasteiger partial charge in [0.15, 0.2) is 8.07 Å². The zero-order chi connectivity index (χ0) is 63.4. The van der Waals surface area contributed by atoms with Gasteiger partial charge < -0.3 is 9.13 Å².